The molecule has 98 valence electrons. The average Bonchev–Trinajstić information content (AvgIpc) is 2.30. The van der Waals surface area contributed by atoms with Crippen LogP contribution >= 0.6 is 0 Å². The van der Waals surface area contributed by atoms with Crippen LogP contribution in [-0.4, -0.2) is 60.9 Å². The fourth-order valence-electron chi connectivity index (χ4n) is 2.78. The molecule has 2 aliphatic rings. The van der Waals surface area contributed by atoms with Gasteiger partial charge in [-0.2, -0.15) is 0 Å². The second-order valence-corrected chi connectivity index (χ2v) is 5.09. The molecule has 0 aromatic carbocycles. The number of carbonyl (C=O) groups is 1. The predicted octanol–water partition coefficient (Wildman–Crippen LogP) is -0.262. The Balaban J connectivity index is 1.86. The first-order valence-electron chi connectivity index (χ1n) is 6.40. The molecule has 2 heterocycles. The molecule has 1 atom stereocenters. The van der Waals surface area contributed by atoms with Crippen LogP contribution in [0, 0.1) is 0 Å². The monoisotopic (exact) mass is 242 g/mol. The highest BCUT2D eigenvalue weighted by atomic mass is 16.5. The van der Waals surface area contributed by atoms with Gasteiger partial charge in [-0.3, -0.25) is 4.79 Å². The highest BCUT2D eigenvalue weighted by Crippen LogP contribution is 2.34. The summed E-state index contributed by atoms with van der Waals surface area (Å²) in [5.41, 5.74) is -0.173. The minimum atomic E-state index is -0.233. The van der Waals surface area contributed by atoms with Gasteiger partial charge in [0.25, 0.3) is 0 Å². The van der Waals surface area contributed by atoms with Gasteiger partial charge in [-0.05, 0) is 26.3 Å². The van der Waals surface area contributed by atoms with E-state index < -0.39 is 0 Å². The molecule has 0 unspecified atom stereocenters. The molecule has 1 amide bonds. The molecule has 0 aliphatic carbocycles. The van der Waals surface area contributed by atoms with E-state index in [1.54, 1.807) is 7.05 Å². The van der Waals surface area contributed by atoms with E-state index in [4.69, 9.17) is 4.74 Å². The summed E-state index contributed by atoms with van der Waals surface area (Å²) in [7, 11) is 1.78. The number of ether oxygens (including phenoxy) is 1. The van der Waals surface area contributed by atoms with Gasteiger partial charge in [0.15, 0.2) is 0 Å². The van der Waals surface area contributed by atoms with Gasteiger partial charge < -0.3 is 20.1 Å². The lowest BCUT2D eigenvalue weighted by molar-refractivity contribution is -0.153. The van der Waals surface area contributed by atoms with E-state index in [1.807, 2.05) is 4.90 Å². The van der Waals surface area contributed by atoms with Gasteiger partial charge in [-0.1, -0.05) is 0 Å². The first-order chi connectivity index (χ1) is 8.15. The fraction of sp³-hybridized carbons (Fsp3) is 0.917. The van der Waals surface area contributed by atoms with Crippen molar-refractivity contribution in [3.63, 3.8) is 0 Å². The Morgan fingerprint density at radius 1 is 1.53 bits per heavy atom. The second kappa shape index (κ2) is 5.33. The summed E-state index contributed by atoms with van der Waals surface area (Å²) in [5, 5.41) is 12.6. The standard InChI is InChI=1S/C12H22N2O3/c1-13-9-11(16)14-5-3-12(4-6-14)8-10(15)2-7-17-12/h10,13,15H,2-9H2,1H3/t10-/m0/s1. The quantitative estimate of drug-likeness (QED) is 0.700. The van der Waals surface area contributed by atoms with E-state index in [1.165, 1.54) is 0 Å². The highest BCUT2D eigenvalue weighted by Gasteiger charge is 2.40. The maximum atomic E-state index is 11.7. The maximum Gasteiger partial charge on any atom is 0.236 e. The molecule has 0 bridgehead atoms. The minimum absolute atomic E-state index is 0.152. The normalized spacial score (nSPS) is 28.4. The first kappa shape index (κ1) is 12.8. The van der Waals surface area contributed by atoms with Crippen molar-refractivity contribution in [2.24, 2.45) is 0 Å². The topological polar surface area (TPSA) is 61.8 Å². The van der Waals surface area contributed by atoms with Crippen LogP contribution in [0.4, 0.5) is 0 Å². The Labute approximate surface area is 102 Å². The van der Waals surface area contributed by atoms with Crippen LogP contribution in [0.15, 0.2) is 0 Å². The molecule has 2 N–H and O–H groups in total. The number of hydrogen-bond donors (Lipinski definition) is 2. The van der Waals surface area contributed by atoms with Crippen LogP contribution in [0.2, 0.25) is 0 Å². The zero-order chi connectivity index (χ0) is 12.3. The molecule has 5 heteroatoms. The zero-order valence-corrected chi connectivity index (χ0v) is 10.4. The van der Waals surface area contributed by atoms with Crippen molar-refractivity contribution in [1.29, 1.82) is 0 Å². The number of nitrogens with zero attached hydrogens (tertiary/aromatic N) is 1. The Bertz CT molecular complexity index is 275. The Morgan fingerprint density at radius 3 is 2.82 bits per heavy atom. The fourth-order valence-corrected chi connectivity index (χ4v) is 2.78. The van der Waals surface area contributed by atoms with Crippen LogP contribution < -0.4 is 5.32 Å². The number of hydrogen-bond acceptors (Lipinski definition) is 4. The maximum absolute atomic E-state index is 11.7. The average molecular weight is 242 g/mol. The second-order valence-electron chi connectivity index (χ2n) is 5.09. The number of rotatable bonds is 2. The largest absolute Gasteiger partial charge is 0.393 e. The highest BCUT2D eigenvalue weighted by molar-refractivity contribution is 5.78. The van der Waals surface area contributed by atoms with Gasteiger partial charge in [-0.25, -0.2) is 0 Å². The number of piperidine rings is 1. The van der Waals surface area contributed by atoms with Crippen molar-refractivity contribution in [3.05, 3.63) is 0 Å². The third kappa shape index (κ3) is 2.97. The molecule has 2 rings (SSSR count). The molecule has 0 saturated carbocycles. The third-order valence-corrected chi connectivity index (χ3v) is 3.82. The molecular formula is C12H22N2O3. The van der Waals surface area contributed by atoms with Crippen molar-refractivity contribution < 1.29 is 14.6 Å². The van der Waals surface area contributed by atoms with E-state index in [0.29, 0.717) is 13.2 Å². The van der Waals surface area contributed by atoms with E-state index >= 15 is 0 Å². The summed E-state index contributed by atoms with van der Waals surface area (Å²) >= 11 is 0. The van der Waals surface area contributed by atoms with Crippen molar-refractivity contribution in [2.75, 3.05) is 33.3 Å². The Morgan fingerprint density at radius 2 is 2.24 bits per heavy atom. The number of aliphatic hydroxyl groups excluding tert-OH is 1. The van der Waals surface area contributed by atoms with Crippen LogP contribution in [0.5, 0.6) is 0 Å². The van der Waals surface area contributed by atoms with Crippen molar-refractivity contribution in [2.45, 2.75) is 37.4 Å². The number of aliphatic hydroxyl groups is 1. The van der Waals surface area contributed by atoms with Gasteiger partial charge in [0, 0.05) is 26.1 Å². The van der Waals surface area contributed by atoms with Gasteiger partial charge in [-0.15, -0.1) is 0 Å². The van der Waals surface area contributed by atoms with E-state index in [-0.39, 0.29) is 17.6 Å². The molecule has 0 radical (unpaired) electrons. The Kier molecular flexibility index (Phi) is 4.01. The molecule has 0 aromatic heterocycles. The molecule has 5 nitrogen and oxygen atoms in total. The van der Waals surface area contributed by atoms with Gasteiger partial charge >= 0.3 is 0 Å². The van der Waals surface area contributed by atoms with Crippen LogP contribution in [0.1, 0.15) is 25.7 Å². The first-order valence-corrected chi connectivity index (χ1v) is 6.40. The van der Waals surface area contributed by atoms with Crippen molar-refractivity contribution >= 4 is 5.91 Å². The lowest BCUT2D eigenvalue weighted by Crippen LogP contribution is -2.52. The lowest BCUT2D eigenvalue weighted by atomic mass is 9.83. The number of nitrogens with one attached hydrogen (secondary N) is 1. The van der Waals surface area contributed by atoms with Crippen LogP contribution in [-0.2, 0) is 9.53 Å². The van der Waals surface area contributed by atoms with Crippen molar-refractivity contribution in [1.82, 2.24) is 10.2 Å². The van der Waals surface area contributed by atoms with Crippen LogP contribution in [0.3, 0.4) is 0 Å². The SMILES string of the molecule is CNCC(=O)N1CCC2(CC1)C[C@@H](O)CCO2. The summed E-state index contributed by atoms with van der Waals surface area (Å²) in [5.74, 6) is 0.152. The number of likely N-dealkylation sites (N-methyl/N-ethyl adjacent to an activating group) is 1. The van der Waals surface area contributed by atoms with Gasteiger partial charge in [0.05, 0.1) is 18.2 Å². The van der Waals surface area contributed by atoms with E-state index in [2.05, 4.69) is 5.32 Å². The van der Waals surface area contributed by atoms with Crippen molar-refractivity contribution in [3.8, 4) is 0 Å². The molecule has 1 spiro atoms. The molecule has 2 saturated heterocycles. The summed E-state index contributed by atoms with van der Waals surface area (Å²) in [4.78, 5) is 13.6. The number of likely N-dealkylation sites (tertiary alicyclic amines) is 1. The molecule has 2 fully saturated rings. The summed E-state index contributed by atoms with van der Waals surface area (Å²) in [6, 6.07) is 0. The Hall–Kier alpha value is -0.650. The van der Waals surface area contributed by atoms with Crippen LogP contribution in [0.25, 0.3) is 0 Å². The summed E-state index contributed by atoms with van der Waals surface area (Å²) in [6.07, 6.45) is 2.92. The minimum Gasteiger partial charge on any atom is -0.393 e. The summed E-state index contributed by atoms with van der Waals surface area (Å²) < 4.78 is 5.85. The molecule has 17 heavy (non-hydrogen) atoms. The summed E-state index contributed by atoms with van der Waals surface area (Å²) in [6.45, 7) is 2.53. The van der Waals surface area contributed by atoms with E-state index in [9.17, 15) is 9.90 Å². The molecular weight excluding hydrogens is 220 g/mol. The number of amides is 1. The van der Waals surface area contributed by atoms with E-state index in [0.717, 1.165) is 38.8 Å². The number of carbonyl (C=O) groups excluding carboxylic acids is 1. The third-order valence-electron chi connectivity index (χ3n) is 3.82. The lowest BCUT2D eigenvalue weighted by Gasteiger charge is -2.45. The smallest absolute Gasteiger partial charge is 0.236 e. The van der Waals surface area contributed by atoms with Gasteiger partial charge in [0.1, 0.15) is 0 Å². The van der Waals surface area contributed by atoms with Gasteiger partial charge in [0.2, 0.25) is 5.91 Å². The zero-order valence-electron chi connectivity index (χ0n) is 10.4. The predicted molar refractivity (Wildman–Crippen MR) is 63.7 cm³/mol. The molecule has 0 aromatic rings. The molecule has 2 aliphatic heterocycles.